The minimum atomic E-state index is -3.59. The highest BCUT2D eigenvalue weighted by Crippen LogP contribution is 2.38. The summed E-state index contributed by atoms with van der Waals surface area (Å²) in [7, 11) is 1.34. The lowest BCUT2D eigenvalue weighted by Crippen LogP contribution is -2.49. The number of likely N-dealkylation sites (tertiary alicyclic amines) is 5. The summed E-state index contributed by atoms with van der Waals surface area (Å²) in [6.45, 7) is 30.5. The van der Waals surface area contributed by atoms with Crippen molar-refractivity contribution in [1.82, 2.24) is 29.8 Å². The van der Waals surface area contributed by atoms with Gasteiger partial charge in [-0.3, -0.25) is 4.79 Å². The molecule has 6 heterocycles. The maximum absolute atomic E-state index is 13.0. The molecule has 0 radical (unpaired) electrons. The molecule has 1 N–H and O–H groups in total. The van der Waals surface area contributed by atoms with E-state index in [-0.39, 0.29) is 33.9 Å². The van der Waals surface area contributed by atoms with E-state index in [1.165, 1.54) is 54.7 Å². The number of nitrogens with zero attached hydrogens (tertiary/aromatic N) is 5. The zero-order chi connectivity index (χ0) is 74.7. The van der Waals surface area contributed by atoms with Gasteiger partial charge in [-0.2, -0.15) is 0 Å². The second kappa shape index (κ2) is 41.2. The number of hydrogen-bond acceptors (Lipinski definition) is 17. The number of benzene rings is 6. The maximum atomic E-state index is 13.0. The van der Waals surface area contributed by atoms with Crippen LogP contribution >= 0.6 is 23.5 Å². The molecule has 6 aliphatic heterocycles. The topological polar surface area (TPSA) is 186 Å². The highest BCUT2D eigenvalue weighted by Gasteiger charge is 2.33. The molecule has 6 aromatic rings. The first kappa shape index (κ1) is 81.0. The number of carbonyl (C=O) groups is 4. The molecule has 0 aromatic heterocycles. The Morgan fingerprint density at radius 2 is 0.676 bits per heavy atom. The monoisotopic (exact) mass is 1490 g/mol. The van der Waals surface area contributed by atoms with Gasteiger partial charge in [-0.1, -0.05) is 79.7 Å². The SMILES string of the molecule is C=C(c1ccc(S(=O)(=O)c2ccc(OC)cc2)cc1)C1CCN(C2CCN(C(=O)OCC)CC2)CC1.C=C(c1ccc(Sc2ccc(OC)cc2)cc1)C1CCN(C2CCN(C(=O)OCC)CC2)CC1.C=C(c1ccc(Sc2ccc(OC)cc2)cc1)C1CCNCC1.CCOC(=O)N1CCC(=O)CC1. The number of hydrogen-bond donors (Lipinski definition) is 1. The van der Waals surface area contributed by atoms with Gasteiger partial charge in [-0.05, 0) is 285 Å². The minimum absolute atomic E-state index is 0.163. The summed E-state index contributed by atoms with van der Waals surface area (Å²) < 4.78 is 56.6. The molecule has 0 spiro atoms. The molecule has 6 aromatic carbocycles. The van der Waals surface area contributed by atoms with E-state index in [4.69, 9.17) is 28.4 Å². The number of nitrogens with one attached hydrogen (secondary N) is 1. The Labute approximate surface area is 632 Å². The Bertz CT molecular complexity index is 3850. The Morgan fingerprint density at radius 1 is 0.400 bits per heavy atom. The molecule has 105 heavy (non-hydrogen) atoms. The standard InChI is InChI=1S/C28H36N2O5S.C28H36N2O3S.C20H23NOS.C8H13NO3/c1-4-35-28(31)30-19-15-24(16-20-30)29-17-13-23(14-18-29)21(2)22-5-9-26(10-6-22)36(32,33)27-11-7-25(34-3)8-12-27;1-4-33-28(31)30-19-15-24(16-20-30)29-17-13-23(14-18-29)21(2)22-5-9-26(10-6-22)34-27-11-7-25(32-3)8-12-27;1-15(17-11-13-21-14-12-17)16-3-7-19(8-4-16)23-20-9-5-18(22-2)6-10-20;1-2-12-8(11)9-5-3-7(10)4-6-9/h5-12,23-24H,2,4,13-20H2,1,3H3;5-12,23-24H,2,4,13-20H2,1,3H3;3-10,17,21H,1,11-14H2,2H3;2-6H2,1H3. The lowest BCUT2D eigenvalue weighted by Gasteiger charge is -2.41. The van der Waals surface area contributed by atoms with Gasteiger partial charge in [0.25, 0.3) is 0 Å². The lowest BCUT2D eigenvalue weighted by molar-refractivity contribution is -0.121. The Hall–Kier alpha value is -8.05. The molecule has 6 fully saturated rings. The average molecular weight is 1490 g/mol. The third-order valence-electron chi connectivity index (χ3n) is 20.7. The van der Waals surface area contributed by atoms with Crippen LogP contribution in [-0.2, 0) is 28.8 Å². The zero-order valence-corrected chi connectivity index (χ0v) is 64.8. The van der Waals surface area contributed by atoms with Crippen LogP contribution in [0.4, 0.5) is 14.4 Å². The first-order chi connectivity index (χ1) is 50.9. The van der Waals surface area contributed by atoms with Gasteiger partial charge in [0.05, 0.1) is 50.9 Å². The van der Waals surface area contributed by atoms with Gasteiger partial charge in [0, 0.05) is 83.8 Å². The van der Waals surface area contributed by atoms with Crippen LogP contribution in [-0.4, -0.2) is 189 Å². The number of methoxy groups -OCH3 is 3. The molecular formula is C84H108N6O12S3. The van der Waals surface area contributed by atoms with Crippen molar-refractivity contribution in [1.29, 1.82) is 0 Å². The molecule has 0 saturated carbocycles. The summed E-state index contributed by atoms with van der Waals surface area (Å²) in [5, 5.41) is 3.41. The molecule has 0 aliphatic carbocycles. The van der Waals surface area contributed by atoms with Gasteiger partial charge < -0.3 is 58.2 Å². The summed E-state index contributed by atoms with van der Waals surface area (Å²) in [6, 6.07) is 48.6. The third-order valence-corrected chi connectivity index (χ3v) is 24.5. The highest BCUT2D eigenvalue weighted by atomic mass is 32.2. The minimum Gasteiger partial charge on any atom is -0.497 e. The van der Waals surface area contributed by atoms with E-state index < -0.39 is 9.84 Å². The van der Waals surface area contributed by atoms with Crippen molar-refractivity contribution in [3.8, 4) is 17.2 Å². The summed E-state index contributed by atoms with van der Waals surface area (Å²) in [4.78, 5) is 61.6. The van der Waals surface area contributed by atoms with Gasteiger partial charge in [-0.25, -0.2) is 22.8 Å². The summed E-state index contributed by atoms with van der Waals surface area (Å²) in [5.41, 5.74) is 7.13. The predicted molar refractivity (Wildman–Crippen MR) is 419 cm³/mol. The number of allylic oxidation sites excluding steroid dienone is 3. The van der Waals surface area contributed by atoms with Crippen molar-refractivity contribution in [3.05, 3.63) is 182 Å². The third kappa shape index (κ3) is 23.7. The lowest BCUT2D eigenvalue weighted by atomic mass is 9.85. The van der Waals surface area contributed by atoms with E-state index in [1.54, 1.807) is 93.1 Å². The largest absolute Gasteiger partial charge is 0.497 e. The van der Waals surface area contributed by atoms with Crippen molar-refractivity contribution in [2.75, 3.05) is 120 Å². The molecule has 0 unspecified atom stereocenters. The number of piperidine rings is 6. The number of ether oxygens (including phenoxy) is 6. The van der Waals surface area contributed by atoms with Crippen molar-refractivity contribution in [2.24, 2.45) is 17.8 Å². The van der Waals surface area contributed by atoms with E-state index in [0.717, 1.165) is 139 Å². The fourth-order valence-electron chi connectivity index (χ4n) is 14.3. The van der Waals surface area contributed by atoms with E-state index in [9.17, 15) is 27.6 Å². The number of carbonyl (C=O) groups excluding carboxylic acids is 4. The summed E-state index contributed by atoms with van der Waals surface area (Å²) in [6.07, 6.45) is 11.1. The second-order valence-corrected chi connectivity index (χ2v) is 31.3. The van der Waals surface area contributed by atoms with Crippen molar-refractivity contribution < 1.29 is 56.0 Å². The summed E-state index contributed by atoms with van der Waals surface area (Å²) in [5.74, 6) is 4.16. The fourth-order valence-corrected chi connectivity index (χ4v) is 17.2. The molecule has 6 aliphatic rings. The first-order valence-corrected chi connectivity index (χ1v) is 40.4. The number of sulfone groups is 1. The molecule has 564 valence electrons. The number of Topliss-reactive ketones (excluding diaryl/α,β-unsaturated/α-hetero) is 1. The molecule has 0 atom stereocenters. The molecule has 6 saturated heterocycles. The van der Waals surface area contributed by atoms with Crippen molar-refractivity contribution in [2.45, 2.75) is 139 Å². The number of amides is 3. The Balaban J connectivity index is 0.000000172. The van der Waals surface area contributed by atoms with Crippen LogP contribution < -0.4 is 19.5 Å². The van der Waals surface area contributed by atoms with Gasteiger partial charge in [0.1, 0.15) is 23.0 Å². The van der Waals surface area contributed by atoms with E-state index in [2.05, 4.69) is 108 Å². The van der Waals surface area contributed by atoms with Crippen LogP contribution in [0.5, 0.6) is 17.2 Å². The van der Waals surface area contributed by atoms with E-state index >= 15 is 0 Å². The van der Waals surface area contributed by atoms with Crippen molar-refractivity contribution >= 4 is 74.1 Å². The Morgan fingerprint density at radius 3 is 0.990 bits per heavy atom. The molecule has 12 rings (SSSR count). The van der Waals surface area contributed by atoms with Crippen LogP contribution in [0, 0.1) is 17.8 Å². The predicted octanol–water partition coefficient (Wildman–Crippen LogP) is 16.7. The first-order valence-electron chi connectivity index (χ1n) is 37.3. The fraction of sp³-hybridized carbons (Fsp3) is 0.452. The molecule has 21 heteroatoms. The van der Waals surface area contributed by atoms with Crippen LogP contribution in [0.15, 0.2) is 195 Å². The van der Waals surface area contributed by atoms with Crippen LogP contribution in [0.25, 0.3) is 16.7 Å². The van der Waals surface area contributed by atoms with Gasteiger partial charge in [0.15, 0.2) is 0 Å². The maximum Gasteiger partial charge on any atom is 0.409 e. The number of ketones is 1. The van der Waals surface area contributed by atoms with E-state index in [1.807, 2.05) is 60.0 Å². The van der Waals surface area contributed by atoms with Crippen LogP contribution in [0.3, 0.4) is 0 Å². The van der Waals surface area contributed by atoms with Crippen LogP contribution in [0.1, 0.15) is 115 Å². The van der Waals surface area contributed by atoms with Crippen LogP contribution in [0.2, 0.25) is 0 Å². The van der Waals surface area contributed by atoms with E-state index in [0.29, 0.717) is 81.3 Å². The molecular weight excluding hydrogens is 1380 g/mol. The number of rotatable bonds is 20. The average Bonchev–Trinajstić information content (AvgIpc) is 0.799. The van der Waals surface area contributed by atoms with Crippen molar-refractivity contribution in [3.63, 3.8) is 0 Å². The highest BCUT2D eigenvalue weighted by molar-refractivity contribution is 7.99. The smallest absolute Gasteiger partial charge is 0.409 e. The molecule has 0 bridgehead atoms. The zero-order valence-electron chi connectivity index (χ0n) is 62.3. The molecule has 3 amide bonds. The Kier molecular flexibility index (Phi) is 31.8. The second-order valence-electron chi connectivity index (χ2n) is 27.1. The quantitative estimate of drug-likeness (QED) is 0.0711. The molecule has 18 nitrogen and oxygen atoms in total. The van der Waals surface area contributed by atoms with Gasteiger partial charge in [0.2, 0.25) is 9.84 Å². The van der Waals surface area contributed by atoms with Gasteiger partial charge >= 0.3 is 18.3 Å². The normalized spacial score (nSPS) is 17.4. The van der Waals surface area contributed by atoms with Gasteiger partial charge in [-0.15, -0.1) is 0 Å². The summed E-state index contributed by atoms with van der Waals surface area (Å²) >= 11 is 3.53.